The first-order chi connectivity index (χ1) is 9.11. The van der Waals surface area contributed by atoms with E-state index in [1.54, 1.807) is 7.11 Å². The van der Waals surface area contributed by atoms with Crippen molar-refractivity contribution in [3.63, 3.8) is 0 Å². The first-order valence-corrected chi connectivity index (χ1v) is 6.18. The lowest BCUT2D eigenvalue weighted by Crippen LogP contribution is -2.06. The smallest absolute Gasteiger partial charge is 0.161 e. The first kappa shape index (κ1) is 13.3. The van der Waals surface area contributed by atoms with E-state index < -0.39 is 0 Å². The number of aromatic nitrogens is 2. The maximum absolute atomic E-state index is 5.76. The molecule has 0 saturated carbocycles. The molecule has 0 radical (unpaired) electrons. The Labute approximate surface area is 113 Å². The molecule has 0 aliphatic rings. The van der Waals surface area contributed by atoms with Crippen LogP contribution in [0.25, 0.3) is 0 Å². The third kappa shape index (κ3) is 3.02. The maximum Gasteiger partial charge on any atom is 0.161 e. The number of para-hydroxylation sites is 2. The van der Waals surface area contributed by atoms with Crippen LogP contribution in [0.5, 0.6) is 11.5 Å². The maximum atomic E-state index is 5.76. The van der Waals surface area contributed by atoms with Crippen LogP contribution in [0.2, 0.25) is 0 Å². The summed E-state index contributed by atoms with van der Waals surface area (Å²) in [5, 5.41) is 0. The Balaban J connectivity index is 2.17. The van der Waals surface area contributed by atoms with Crippen molar-refractivity contribution < 1.29 is 9.47 Å². The Morgan fingerprint density at radius 2 is 1.53 bits per heavy atom. The van der Waals surface area contributed by atoms with Crippen molar-refractivity contribution in [2.75, 3.05) is 7.11 Å². The van der Waals surface area contributed by atoms with Crippen LogP contribution in [0.4, 0.5) is 0 Å². The number of hydrogen-bond donors (Lipinski definition) is 0. The molecule has 4 heteroatoms. The summed E-state index contributed by atoms with van der Waals surface area (Å²) in [6.07, 6.45) is 0. The predicted molar refractivity (Wildman–Crippen MR) is 73.6 cm³/mol. The fourth-order valence-electron chi connectivity index (χ4n) is 1.78. The number of hydrogen-bond acceptors (Lipinski definition) is 4. The van der Waals surface area contributed by atoms with Crippen LogP contribution in [0.3, 0.4) is 0 Å². The highest BCUT2D eigenvalue weighted by atomic mass is 16.5. The molecule has 1 aromatic heterocycles. The van der Waals surface area contributed by atoms with Gasteiger partial charge in [0.25, 0.3) is 0 Å². The summed E-state index contributed by atoms with van der Waals surface area (Å²) in [5.74, 6) is 1.43. The molecule has 1 aromatic carbocycles. The van der Waals surface area contributed by atoms with Gasteiger partial charge in [-0.1, -0.05) is 12.1 Å². The standard InChI is InChI=1S/C15H18N2O2/c1-10-11(2)17-13(12(3)16-10)9-19-15-8-6-5-7-14(15)18-4/h5-8H,9H2,1-4H3. The minimum atomic E-state index is 0.389. The highest BCUT2D eigenvalue weighted by molar-refractivity contribution is 5.39. The van der Waals surface area contributed by atoms with E-state index >= 15 is 0 Å². The predicted octanol–water partition coefficient (Wildman–Crippen LogP) is 2.99. The lowest BCUT2D eigenvalue weighted by atomic mass is 10.2. The summed E-state index contributed by atoms with van der Waals surface area (Å²) in [6, 6.07) is 7.57. The van der Waals surface area contributed by atoms with Gasteiger partial charge in [0.05, 0.1) is 29.9 Å². The summed E-state index contributed by atoms with van der Waals surface area (Å²) in [4.78, 5) is 8.97. The Bertz CT molecular complexity index is 582. The second kappa shape index (κ2) is 5.69. The summed E-state index contributed by atoms with van der Waals surface area (Å²) >= 11 is 0. The second-order valence-electron chi connectivity index (χ2n) is 4.37. The van der Waals surface area contributed by atoms with Crippen molar-refractivity contribution in [3.05, 3.63) is 47.0 Å². The molecule has 0 unspecified atom stereocenters. The average Bonchev–Trinajstić information content (AvgIpc) is 2.41. The highest BCUT2D eigenvalue weighted by Crippen LogP contribution is 2.26. The van der Waals surface area contributed by atoms with Gasteiger partial charge in [0.1, 0.15) is 6.61 Å². The highest BCUT2D eigenvalue weighted by Gasteiger charge is 2.08. The van der Waals surface area contributed by atoms with Gasteiger partial charge in [-0.05, 0) is 32.9 Å². The fraction of sp³-hybridized carbons (Fsp3) is 0.333. The zero-order valence-electron chi connectivity index (χ0n) is 11.7. The lowest BCUT2D eigenvalue weighted by Gasteiger charge is -2.12. The van der Waals surface area contributed by atoms with Crippen LogP contribution in [0, 0.1) is 20.8 Å². The third-order valence-electron chi connectivity index (χ3n) is 3.01. The minimum absolute atomic E-state index is 0.389. The van der Waals surface area contributed by atoms with E-state index in [1.807, 2.05) is 45.0 Å². The average molecular weight is 258 g/mol. The lowest BCUT2D eigenvalue weighted by molar-refractivity contribution is 0.279. The van der Waals surface area contributed by atoms with E-state index in [4.69, 9.17) is 9.47 Å². The molecule has 0 atom stereocenters. The molecule has 4 nitrogen and oxygen atoms in total. The largest absolute Gasteiger partial charge is 0.493 e. The normalized spacial score (nSPS) is 10.3. The molecular weight excluding hydrogens is 240 g/mol. The molecule has 19 heavy (non-hydrogen) atoms. The van der Waals surface area contributed by atoms with E-state index in [9.17, 15) is 0 Å². The van der Waals surface area contributed by atoms with Gasteiger partial charge in [0.15, 0.2) is 11.5 Å². The van der Waals surface area contributed by atoms with E-state index in [0.717, 1.165) is 28.5 Å². The van der Waals surface area contributed by atoms with Crippen molar-refractivity contribution in [2.45, 2.75) is 27.4 Å². The molecule has 0 N–H and O–H groups in total. The van der Waals surface area contributed by atoms with E-state index in [2.05, 4.69) is 9.97 Å². The van der Waals surface area contributed by atoms with Gasteiger partial charge in [-0.15, -0.1) is 0 Å². The Hall–Kier alpha value is -2.10. The van der Waals surface area contributed by atoms with Gasteiger partial charge in [0.2, 0.25) is 0 Å². The fourth-order valence-corrected chi connectivity index (χ4v) is 1.78. The number of benzene rings is 1. The van der Waals surface area contributed by atoms with Crippen LogP contribution in [0.1, 0.15) is 22.8 Å². The quantitative estimate of drug-likeness (QED) is 0.845. The van der Waals surface area contributed by atoms with Gasteiger partial charge in [-0.25, -0.2) is 0 Å². The molecule has 0 saturated heterocycles. The van der Waals surface area contributed by atoms with Gasteiger partial charge >= 0.3 is 0 Å². The molecule has 0 amide bonds. The van der Waals surface area contributed by atoms with E-state index in [0.29, 0.717) is 12.4 Å². The summed E-state index contributed by atoms with van der Waals surface area (Å²) < 4.78 is 11.0. The van der Waals surface area contributed by atoms with Gasteiger partial charge < -0.3 is 9.47 Å². The van der Waals surface area contributed by atoms with E-state index in [-0.39, 0.29) is 0 Å². The van der Waals surface area contributed by atoms with Crippen molar-refractivity contribution in [2.24, 2.45) is 0 Å². The zero-order valence-corrected chi connectivity index (χ0v) is 11.7. The molecule has 0 aliphatic carbocycles. The van der Waals surface area contributed by atoms with Gasteiger partial charge in [-0.2, -0.15) is 0 Å². The molecule has 100 valence electrons. The van der Waals surface area contributed by atoms with Gasteiger partial charge in [-0.3, -0.25) is 9.97 Å². The summed E-state index contributed by atoms with van der Waals surface area (Å²) in [6.45, 7) is 6.25. The molecule has 2 rings (SSSR count). The number of aryl methyl sites for hydroxylation is 3. The van der Waals surface area contributed by atoms with Crippen LogP contribution in [-0.4, -0.2) is 17.1 Å². The van der Waals surface area contributed by atoms with Crippen LogP contribution in [0.15, 0.2) is 24.3 Å². The van der Waals surface area contributed by atoms with Crippen LogP contribution < -0.4 is 9.47 Å². The molecule has 0 bridgehead atoms. The Morgan fingerprint density at radius 1 is 0.895 bits per heavy atom. The van der Waals surface area contributed by atoms with Crippen LogP contribution in [-0.2, 0) is 6.61 Å². The van der Waals surface area contributed by atoms with Crippen molar-refractivity contribution >= 4 is 0 Å². The number of rotatable bonds is 4. The molecule has 0 aliphatic heterocycles. The number of ether oxygens (including phenoxy) is 2. The SMILES string of the molecule is COc1ccccc1OCc1nc(C)c(C)nc1C. The van der Waals surface area contributed by atoms with Crippen molar-refractivity contribution in [1.29, 1.82) is 0 Å². The molecule has 1 heterocycles. The molecular formula is C15H18N2O2. The topological polar surface area (TPSA) is 44.2 Å². The van der Waals surface area contributed by atoms with E-state index in [1.165, 1.54) is 0 Å². The molecule has 0 spiro atoms. The summed E-state index contributed by atoms with van der Waals surface area (Å²) in [7, 11) is 1.63. The van der Waals surface area contributed by atoms with Crippen LogP contribution >= 0.6 is 0 Å². The Morgan fingerprint density at radius 3 is 2.21 bits per heavy atom. The summed E-state index contributed by atoms with van der Waals surface area (Å²) in [5.41, 5.74) is 3.65. The minimum Gasteiger partial charge on any atom is -0.493 e. The zero-order chi connectivity index (χ0) is 13.8. The van der Waals surface area contributed by atoms with Crippen molar-refractivity contribution in [1.82, 2.24) is 9.97 Å². The first-order valence-electron chi connectivity index (χ1n) is 6.18. The Kier molecular flexibility index (Phi) is 4.00. The van der Waals surface area contributed by atoms with Gasteiger partial charge in [0, 0.05) is 0 Å². The monoisotopic (exact) mass is 258 g/mol. The number of nitrogens with zero attached hydrogens (tertiary/aromatic N) is 2. The third-order valence-corrected chi connectivity index (χ3v) is 3.01. The molecule has 0 fully saturated rings. The van der Waals surface area contributed by atoms with Crippen molar-refractivity contribution in [3.8, 4) is 11.5 Å². The number of methoxy groups -OCH3 is 1. The second-order valence-corrected chi connectivity index (χ2v) is 4.37. The molecule has 2 aromatic rings.